The Kier molecular flexibility index (Phi) is 7.14. The molecule has 3 atom stereocenters. The SMILES string of the molecule is CC[C@H](C)[C@H](N)C(=O)N([C@@H](Cc1c[nH]c2ccccc12)C(=O)O)S(=O)(=O)c1cccc2ccccc12. The predicted octanol–water partition coefficient (Wildman–Crippen LogP) is 3.91. The first-order chi connectivity index (χ1) is 17.2. The number of H-pyrrole nitrogens is 1. The van der Waals surface area contributed by atoms with Gasteiger partial charge in [-0.25, -0.2) is 17.5 Å². The van der Waals surface area contributed by atoms with Crippen molar-refractivity contribution in [3.63, 3.8) is 0 Å². The molecule has 4 aromatic rings. The van der Waals surface area contributed by atoms with E-state index in [-0.39, 0.29) is 17.2 Å². The summed E-state index contributed by atoms with van der Waals surface area (Å²) in [7, 11) is -4.60. The van der Waals surface area contributed by atoms with E-state index in [1.54, 1.807) is 49.5 Å². The van der Waals surface area contributed by atoms with E-state index in [1.807, 2.05) is 31.2 Å². The van der Waals surface area contributed by atoms with Crippen LogP contribution in [0.3, 0.4) is 0 Å². The van der Waals surface area contributed by atoms with E-state index in [2.05, 4.69) is 4.98 Å². The van der Waals surface area contributed by atoms with Gasteiger partial charge in [0, 0.05) is 28.9 Å². The lowest BCUT2D eigenvalue weighted by Gasteiger charge is -2.32. The van der Waals surface area contributed by atoms with Crippen LogP contribution in [0.15, 0.2) is 77.8 Å². The molecular weight excluding hydrogens is 478 g/mol. The molecule has 3 aromatic carbocycles. The zero-order valence-electron chi connectivity index (χ0n) is 20.1. The molecule has 4 rings (SSSR count). The number of nitrogens with two attached hydrogens (primary N) is 1. The van der Waals surface area contributed by atoms with Crippen molar-refractivity contribution in [2.24, 2.45) is 11.7 Å². The number of benzene rings is 3. The van der Waals surface area contributed by atoms with Gasteiger partial charge in [-0.05, 0) is 29.0 Å². The number of fused-ring (bicyclic) bond motifs is 2. The van der Waals surface area contributed by atoms with Gasteiger partial charge in [-0.2, -0.15) is 0 Å². The first-order valence-electron chi connectivity index (χ1n) is 11.8. The number of sulfonamides is 1. The molecule has 4 N–H and O–H groups in total. The largest absolute Gasteiger partial charge is 0.480 e. The summed E-state index contributed by atoms with van der Waals surface area (Å²) in [5.74, 6) is -2.73. The van der Waals surface area contributed by atoms with Crippen LogP contribution in [-0.4, -0.2) is 46.8 Å². The summed E-state index contributed by atoms with van der Waals surface area (Å²) in [6.45, 7) is 3.57. The molecule has 188 valence electrons. The molecule has 0 unspecified atom stereocenters. The Morgan fingerprint density at radius 1 is 1.00 bits per heavy atom. The average molecular weight is 508 g/mol. The van der Waals surface area contributed by atoms with E-state index >= 15 is 0 Å². The molecule has 0 radical (unpaired) electrons. The highest BCUT2D eigenvalue weighted by Crippen LogP contribution is 2.30. The maximum Gasteiger partial charge on any atom is 0.328 e. The average Bonchev–Trinajstić information content (AvgIpc) is 3.29. The number of nitrogens with zero attached hydrogens (tertiary/aromatic N) is 1. The number of nitrogens with one attached hydrogen (secondary N) is 1. The molecule has 0 fully saturated rings. The van der Waals surface area contributed by atoms with Crippen LogP contribution in [0, 0.1) is 5.92 Å². The van der Waals surface area contributed by atoms with E-state index in [4.69, 9.17) is 5.73 Å². The number of aromatic nitrogens is 1. The van der Waals surface area contributed by atoms with Crippen LogP contribution in [0.2, 0.25) is 0 Å². The number of amides is 1. The fraction of sp³-hybridized carbons (Fsp3) is 0.259. The van der Waals surface area contributed by atoms with Crippen LogP contribution in [0.5, 0.6) is 0 Å². The number of aromatic amines is 1. The third kappa shape index (κ3) is 4.59. The number of para-hydroxylation sites is 1. The Morgan fingerprint density at radius 3 is 2.33 bits per heavy atom. The lowest BCUT2D eigenvalue weighted by atomic mass is 9.98. The number of rotatable bonds is 9. The van der Waals surface area contributed by atoms with Gasteiger partial charge < -0.3 is 15.8 Å². The molecule has 0 saturated carbocycles. The van der Waals surface area contributed by atoms with Crippen molar-refractivity contribution in [2.75, 3.05) is 0 Å². The van der Waals surface area contributed by atoms with E-state index in [9.17, 15) is 23.1 Å². The molecule has 1 amide bonds. The highest BCUT2D eigenvalue weighted by molar-refractivity contribution is 7.90. The van der Waals surface area contributed by atoms with Gasteiger partial charge in [-0.3, -0.25) is 4.79 Å². The molecule has 0 spiro atoms. The van der Waals surface area contributed by atoms with Crippen LogP contribution in [0.1, 0.15) is 25.8 Å². The molecule has 9 heteroatoms. The summed E-state index contributed by atoms with van der Waals surface area (Å²) >= 11 is 0. The minimum absolute atomic E-state index is 0.143. The van der Waals surface area contributed by atoms with Crippen molar-refractivity contribution in [1.82, 2.24) is 9.29 Å². The number of carbonyl (C=O) groups excluding carboxylic acids is 1. The molecule has 0 aliphatic heterocycles. The minimum atomic E-state index is -4.60. The summed E-state index contributed by atoms with van der Waals surface area (Å²) < 4.78 is 28.7. The molecule has 8 nitrogen and oxygen atoms in total. The zero-order chi connectivity index (χ0) is 26.0. The number of carbonyl (C=O) groups is 2. The Labute approximate surface area is 209 Å². The van der Waals surface area contributed by atoms with Crippen molar-refractivity contribution in [3.8, 4) is 0 Å². The number of carboxylic acids is 1. The number of hydrogen-bond donors (Lipinski definition) is 3. The van der Waals surface area contributed by atoms with Crippen LogP contribution in [0.25, 0.3) is 21.7 Å². The maximum absolute atomic E-state index is 14.1. The highest BCUT2D eigenvalue weighted by Gasteiger charge is 2.43. The molecule has 1 aromatic heterocycles. The van der Waals surface area contributed by atoms with Gasteiger partial charge in [0.1, 0.15) is 6.04 Å². The van der Waals surface area contributed by atoms with Gasteiger partial charge in [-0.15, -0.1) is 0 Å². The highest BCUT2D eigenvalue weighted by atomic mass is 32.2. The Morgan fingerprint density at radius 2 is 1.64 bits per heavy atom. The standard InChI is InChI=1S/C27H29N3O5S/c1-3-17(2)25(28)26(31)30(36(34,35)24-14-8-10-18-9-4-5-12-21(18)24)23(27(32)33)15-19-16-29-22-13-7-6-11-20(19)22/h4-14,16-17,23,25,29H,3,15,28H2,1-2H3,(H,32,33)/t17-,23-,25-/m0/s1. The van der Waals surface area contributed by atoms with Gasteiger partial charge in [0.25, 0.3) is 15.9 Å². The fourth-order valence-corrected chi connectivity index (χ4v) is 6.17. The van der Waals surface area contributed by atoms with Gasteiger partial charge in [0.05, 0.1) is 10.9 Å². The summed E-state index contributed by atoms with van der Waals surface area (Å²) in [5, 5.41) is 12.1. The Bertz CT molecular complexity index is 1520. The third-order valence-corrected chi connectivity index (χ3v) is 8.57. The van der Waals surface area contributed by atoms with Crippen molar-refractivity contribution >= 4 is 43.6 Å². The van der Waals surface area contributed by atoms with Gasteiger partial charge in [0.15, 0.2) is 0 Å². The van der Waals surface area contributed by atoms with Gasteiger partial charge in [-0.1, -0.05) is 74.9 Å². The van der Waals surface area contributed by atoms with E-state index in [1.165, 1.54) is 6.07 Å². The smallest absolute Gasteiger partial charge is 0.328 e. The summed E-state index contributed by atoms with van der Waals surface area (Å²) in [5.41, 5.74) is 7.57. The third-order valence-electron chi connectivity index (χ3n) is 6.70. The summed E-state index contributed by atoms with van der Waals surface area (Å²) in [6.07, 6.45) is 1.94. The Balaban J connectivity index is 1.89. The van der Waals surface area contributed by atoms with Crippen LogP contribution in [-0.2, 0) is 26.0 Å². The van der Waals surface area contributed by atoms with Crippen LogP contribution >= 0.6 is 0 Å². The quantitative estimate of drug-likeness (QED) is 0.315. The summed E-state index contributed by atoms with van der Waals surface area (Å²) in [6, 6.07) is 16.0. The van der Waals surface area contributed by atoms with Crippen molar-refractivity contribution < 1.29 is 23.1 Å². The predicted molar refractivity (Wildman–Crippen MR) is 139 cm³/mol. The van der Waals surface area contributed by atoms with Crippen molar-refractivity contribution in [3.05, 3.63) is 78.5 Å². The van der Waals surface area contributed by atoms with Crippen molar-refractivity contribution in [2.45, 2.75) is 43.7 Å². The molecule has 0 aliphatic carbocycles. The lowest BCUT2D eigenvalue weighted by molar-refractivity contribution is -0.146. The second-order valence-electron chi connectivity index (χ2n) is 8.95. The number of aliphatic carboxylic acids is 1. The molecule has 0 saturated heterocycles. The molecule has 36 heavy (non-hydrogen) atoms. The number of carboxylic acid groups (broad SMARTS) is 1. The van der Waals surface area contributed by atoms with Crippen LogP contribution < -0.4 is 5.73 Å². The zero-order valence-corrected chi connectivity index (χ0v) is 20.9. The van der Waals surface area contributed by atoms with Gasteiger partial charge in [0.2, 0.25) is 0 Å². The van der Waals surface area contributed by atoms with E-state index < -0.39 is 34.0 Å². The van der Waals surface area contributed by atoms with Gasteiger partial charge >= 0.3 is 5.97 Å². The first-order valence-corrected chi connectivity index (χ1v) is 13.2. The second kappa shape index (κ2) is 10.1. The number of hydrogen-bond acceptors (Lipinski definition) is 5. The molecule has 0 bridgehead atoms. The normalized spacial score (nSPS) is 14.4. The van der Waals surface area contributed by atoms with E-state index in [0.717, 1.165) is 10.9 Å². The molecular formula is C27H29N3O5S. The Hall–Kier alpha value is -3.69. The molecule has 1 heterocycles. The molecule has 0 aliphatic rings. The monoisotopic (exact) mass is 507 g/mol. The van der Waals surface area contributed by atoms with Crippen LogP contribution in [0.4, 0.5) is 0 Å². The van der Waals surface area contributed by atoms with E-state index in [0.29, 0.717) is 27.1 Å². The van der Waals surface area contributed by atoms with Crippen molar-refractivity contribution in [1.29, 1.82) is 0 Å². The fourth-order valence-electron chi connectivity index (χ4n) is 4.39. The topological polar surface area (TPSA) is 134 Å². The lowest BCUT2D eigenvalue weighted by Crippen LogP contribution is -2.56. The second-order valence-corrected chi connectivity index (χ2v) is 10.7. The minimum Gasteiger partial charge on any atom is -0.480 e. The summed E-state index contributed by atoms with van der Waals surface area (Å²) in [4.78, 5) is 29.2. The maximum atomic E-state index is 14.1. The first kappa shape index (κ1) is 25.4.